The normalized spacial score (nSPS) is 16.0. The van der Waals surface area contributed by atoms with Gasteiger partial charge in [-0.2, -0.15) is 0 Å². The SMILES string of the molecule is O=C(c1ccoc1)N1CCC(CNS(=O)(=O)c2cc(Cl)ccc2Cl)CC1. The van der Waals surface area contributed by atoms with Crippen LogP contribution in [0.2, 0.25) is 10.0 Å². The molecule has 1 aromatic heterocycles. The van der Waals surface area contributed by atoms with Crippen LogP contribution in [0.4, 0.5) is 0 Å². The van der Waals surface area contributed by atoms with Crippen molar-refractivity contribution in [3.8, 4) is 0 Å². The summed E-state index contributed by atoms with van der Waals surface area (Å²) in [5.74, 6) is 0.0830. The zero-order valence-electron chi connectivity index (χ0n) is 13.8. The first kappa shape index (κ1) is 19.2. The smallest absolute Gasteiger partial charge is 0.257 e. The minimum Gasteiger partial charge on any atom is -0.472 e. The second-order valence-electron chi connectivity index (χ2n) is 6.17. The van der Waals surface area contributed by atoms with Crippen LogP contribution in [-0.4, -0.2) is 38.9 Å². The molecule has 2 heterocycles. The van der Waals surface area contributed by atoms with E-state index in [2.05, 4.69) is 4.72 Å². The summed E-state index contributed by atoms with van der Waals surface area (Å²) in [5, 5.41) is 0.434. The number of amides is 1. The molecule has 1 amide bonds. The largest absolute Gasteiger partial charge is 0.472 e. The Kier molecular flexibility index (Phi) is 5.92. The van der Waals surface area contributed by atoms with Crippen molar-refractivity contribution in [2.45, 2.75) is 17.7 Å². The van der Waals surface area contributed by atoms with Crippen LogP contribution in [-0.2, 0) is 10.0 Å². The molecule has 1 aliphatic heterocycles. The fourth-order valence-corrected chi connectivity index (χ4v) is 4.77. The molecule has 1 aliphatic rings. The summed E-state index contributed by atoms with van der Waals surface area (Å²) in [5.41, 5.74) is 0.528. The number of sulfonamides is 1. The number of rotatable bonds is 5. The van der Waals surface area contributed by atoms with Gasteiger partial charge >= 0.3 is 0 Å². The van der Waals surface area contributed by atoms with Crippen molar-refractivity contribution >= 4 is 39.1 Å². The molecule has 3 rings (SSSR count). The van der Waals surface area contributed by atoms with Gasteiger partial charge < -0.3 is 9.32 Å². The van der Waals surface area contributed by atoms with Crippen LogP contribution < -0.4 is 4.72 Å². The van der Waals surface area contributed by atoms with Gasteiger partial charge in [0.1, 0.15) is 11.2 Å². The maximum Gasteiger partial charge on any atom is 0.257 e. The number of likely N-dealkylation sites (tertiary alicyclic amines) is 1. The van der Waals surface area contributed by atoms with Gasteiger partial charge in [-0.1, -0.05) is 23.2 Å². The molecule has 1 fully saturated rings. The highest BCUT2D eigenvalue weighted by Crippen LogP contribution is 2.25. The number of hydrogen-bond acceptors (Lipinski definition) is 4. The van der Waals surface area contributed by atoms with Crippen LogP contribution in [0.1, 0.15) is 23.2 Å². The lowest BCUT2D eigenvalue weighted by molar-refractivity contribution is 0.0691. The van der Waals surface area contributed by atoms with Crippen molar-refractivity contribution in [1.29, 1.82) is 0 Å². The molecule has 0 spiro atoms. The molecule has 0 saturated carbocycles. The minimum atomic E-state index is -3.74. The first-order valence-electron chi connectivity index (χ1n) is 8.13. The lowest BCUT2D eigenvalue weighted by Crippen LogP contribution is -2.41. The maximum absolute atomic E-state index is 12.4. The second kappa shape index (κ2) is 8.00. The Morgan fingerprint density at radius 2 is 1.96 bits per heavy atom. The second-order valence-corrected chi connectivity index (χ2v) is 8.75. The number of nitrogens with zero attached hydrogens (tertiary/aromatic N) is 1. The van der Waals surface area contributed by atoms with E-state index in [-0.39, 0.29) is 21.7 Å². The Morgan fingerprint density at radius 3 is 2.62 bits per heavy atom. The van der Waals surface area contributed by atoms with Gasteiger partial charge in [-0.3, -0.25) is 4.79 Å². The highest BCUT2D eigenvalue weighted by Gasteiger charge is 2.26. The van der Waals surface area contributed by atoms with Crippen LogP contribution in [0, 0.1) is 5.92 Å². The van der Waals surface area contributed by atoms with E-state index in [9.17, 15) is 13.2 Å². The molecule has 1 aromatic carbocycles. The molecule has 6 nitrogen and oxygen atoms in total. The fraction of sp³-hybridized carbons (Fsp3) is 0.353. The number of halogens is 2. The van der Waals surface area contributed by atoms with E-state index in [1.807, 2.05) is 0 Å². The summed E-state index contributed by atoms with van der Waals surface area (Å²) in [6.07, 6.45) is 4.33. The molecular weight excluding hydrogens is 399 g/mol. The summed E-state index contributed by atoms with van der Waals surface area (Å²) in [6.45, 7) is 1.45. The first-order chi connectivity index (χ1) is 12.4. The van der Waals surface area contributed by atoms with Gasteiger partial charge in [-0.25, -0.2) is 13.1 Å². The molecule has 0 unspecified atom stereocenters. The van der Waals surface area contributed by atoms with Gasteiger partial charge in [0, 0.05) is 24.7 Å². The van der Waals surface area contributed by atoms with E-state index >= 15 is 0 Å². The highest BCUT2D eigenvalue weighted by atomic mass is 35.5. The molecule has 140 valence electrons. The number of piperidine rings is 1. The van der Waals surface area contributed by atoms with Gasteiger partial charge in [-0.15, -0.1) is 0 Å². The van der Waals surface area contributed by atoms with E-state index < -0.39 is 10.0 Å². The van der Waals surface area contributed by atoms with E-state index in [1.54, 1.807) is 11.0 Å². The van der Waals surface area contributed by atoms with Gasteiger partial charge in [0.05, 0.1) is 16.8 Å². The molecule has 0 aliphatic carbocycles. The van der Waals surface area contributed by atoms with E-state index in [0.717, 1.165) is 12.8 Å². The molecule has 1 N–H and O–H groups in total. The number of carbonyl (C=O) groups excluding carboxylic acids is 1. The molecule has 2 aromatic rings. The monoisotopic (exact) mass is 416 g/mol. The lowest BCUT2D eigenvalue weighted by Gasteiger charge is -2.31. The van der Waals surface area contributed by atoms with Crippen molar-refractivity contribution in [3.05, 3.63) is 52.4 Å². The first-order valence-corrected chi connectivity index (χ1v) is 10.4. The van der Waals surface area contributed by atoms with Crippen LogP contribution in [0.15, 0.2) is 46.1 Å². The predicted molar refractivity (Wildman–Crippen MR) is 99.0 cm³/mol. The quantitative estimate of drug-likeness (QED) is 0.809. The Hall–Kier alpha value is -1.54. The summed E-state index contributed by atoms with van der Waals surface area (Å²) in [7, 11) is -3.74. The fourth-order valence-electron chi connectivity index (χ4n) is 2.90. The third-order valence-corrected chi connectivity index (χ3v) is 6.55. The average Bonchev–Trinajstić information content (AvgIpc) is 3.16. The van der Waals surface area contributed by atoms with Crippen molar-refractivity contribution in [2.75, 3.05) is 19.6 Å². The van der Waals surface area contributed by atoms with Gasteiger partial charge in [0.25, 0.3) is 5.91 Å². The zero-order chi connectivity index (χ0) is 18.7. The number of furan rings is 1. The van der Waals surface area contributed by atoms with Crippen molar-refractivity contribution in [2.24, 2.45) is 5.92 Å². The maximum atomic E-state index is 12.4. The van der Waals surface area contributed by atoms with Crippen LogP contribution in [0.25, 0.3) is 0 Å². The third-order valence-electron chi connectivity index (χ3n) is 4.41. The van der Waals surface area contributed by atoms with Crippen LogP contribution >= 0.6 is 23.2 Å². The molecule has 0 radical (unpaired) electrons. The van der Waals surface area contributed by atoms with E-state index in [0.29, 0.717) is 30.2 Å². The van der Waals surface area contributed by atoms with Crippen molar-refractivity contribution in [1.82, 2.24) is 9.62 Å². The summed E-state index contributed by atoms with van der Waals surface area (Å²) in [6, 6.07) is 5.96. The number of nitrogens with one attached hydrogen (secondary N) is 1. The summed E-state index contributed by atoms with van der Waals surface area (Å²) in [4.78, 5) is 14.0. The third kappa shape index (κ3) is 4.40. The molecule has 0 atom stereocenters. The van der Waals surface area contributed by atoms with Crippen molar-refractivity contribution in [3.63, 3.8) is 0 Å². The minimum absolute atomic E-state index is 0.0285. The van der Waals surface area contributed by atoms with Crippen LogP contribution in [0.5, 0.6) is 0 Å². The van der Waals surface area contributed by atoms with E-state index in [4.69, 9.17) is 27.6 Å². The molecule has 1 saturated heterocycles. The summed E-state index contributed by atoms with van der Waals surface area (Å²) >= 11 is 11.8. The van der Waals surface area contributed by atoms with Gasteiger partial charge in [0.2, 0.25) is 10.0 Å². The Balaban J connectivity index is 1.55. The number of benzene rings is 1. The van der Waals surface area contributed by atoms with Gasteiger partial charge in [0.15, 0.2) is 0 Å². The molecule has 26 heavy (non-hydrogen) atoms. The number of carbonyl (C=O) groups is 1. The van der Waals surface area contributed by atoms with E-state index in [1.165, 1.54) is 30.7 Å². The lowest BCUT2D eigenvalue weighted by atomic mass is 9.97. The Morgan fingerprint density at radius 1 is 1.23 bits per heavy atom. The standard InChI is InChI=1S/C17H18Cl2N2O4S/c18-14-1-2-15(19)16(9-14)26(23,24)20-10-12-3-6-21(7-4-12)17(22)13-5-8-25-11-13/h1-2,5,8-9,11-12,20H,3-4,6-7,10H2. The average molecular weight is 417 g/mol. The summed E-state index contributed by atoms with van der Waals surface area (Å²) < 4.78 is 32.4. The van der Waals surface area contributed by atoms with Crippen molar-refractivity contribution < 1.29 is 17.6 Å². The zero-order valence-corrected chi connectivity index (χ0v) is 16.1. The highest BCUT2D eigenvalue weighted by molar-refractivity contribution is 7.89. The predicted octanol–water partition coefficient (Wildman–Crippen LogP) is 3.42. The van der Waals surface area contributed by atoms with Crippen LogP contribution in [0.3, 0.4) is 0 Å². The molecular formula is C17H18Cl2N2O4S. The molecule has 0 bridgehead atoms. The number of hydrogen-bond donors (Lipinski definition) is 1. The molecule has 9 heteroatoms. The van der Waals surface area contributed by atoms with Gasteiger partial charge in [-0.05, 0) is 43.0 Å². The topological polar surface area (TPSA) is 79.6 Å². The Labute approximate surface area is 162 Å². The Bertz CT molecular complexity index is 876.